The van der Waals surface area contributed by atoms with E-state index in [1.165, 1.54) is 6.33 Å². The van der Waals surface area contributed by atoms with Crippen molar-refractivity contribution in [1.82, 2.24) is 9.97 Å². The molecule has 0 radical (unpaired) electrons. The van der Waals surface area contributed by atoms with E-state index in [-0.39, 0.29) is 5.41 Å². The van der Waals surface area contributed by atoms with Crippen LogP contribution in [0.3, 0.4) is 0 Å². The highest BCUT2D eigenvalue weighted by molar-refractivity contribution is 5.28. The smallest absolute Gasteiger partial charge is 0.115 e. The van der Waals surface area contributed by atoms with Crippen molar-refractivity contribution in [2.45, 2.75) is 25.4 Å². The lowest BCUT2D eigenvalue weighted by atomic mass is 9.77. The molecule has 1 aromatic heterocycles. The molecule has 0 fully saturated rings. The Balaban J connectivity index is 2.33. The van der Waals surface area contributed by atoms with Crippen LogP contribution in [-0.2, 0) is 5.41 Å². The highest BCUT2D eigenvalue weighted by Gasteiger charge is 2.31. The molecule has 2 aromatic rings. The molecule has 88 valence electrons. The number of hydrogen-bond donors (Lipinski definition) is 1. The highest BCUT2D eigenvalue weighted by atomic mass is 16.3. The molecule has 0 aliphatic heterocycles. The molecule has 1 unspecified atom stereocenters. The van der Waals surface area contributed by atoms with Crippen LogP contribution in [0.2, 0.25) is 0 Å². The maximum Gasteiger partial charge on any atom is 0.115 e. The fourth-order valence-corrected chi connectivity index (χ4v) is 1.89. The van der Waals surface area contributed by atoms with E-state index in [0.29, 0.717) is 0 Å². The quantitative estimate of drug-likeness (QED) is 0.877. The zero-order valence-electron chi connectivity index (χ0n) is 10.0. The predicted octanol–water partition coefficient (Wildman–Crippen LogP) is 2.49. The number of aromatic nitrogens is 2. The summed E-state index contributed by atoms with van der Waals surface area (Å²) in [5.41, 5.74) is 1.46. The Bertz CT molecular complexity index is 468. The first-order chi connectivity index (χ1) is 8.12. The van der Waals surface area contributed by atoms with E-state index in [4.69, 9.17) is 0 Å². The van der Waals surface area contributed by atoms with Crippen LogP contribution in [0.5, 0.6) is 0 Å². The molecule has 3 nitrogen and oxygen atoms in total. The SMILES string of the molecule is CC(C)(c1ccccc1)C(O)c1cncnc1. The molecule has 0 saturated heterocycles. The molecule has 0 amide bonds. The first kappa shape index (κ1) is 11.7. The summed E-state index contributed by atoms with van der Waals surface area (Å²) in [5.74, 6) is 0. The minimum absolute atomic E-state index is 0.369. The highest BCUT2D eigenvalue weighted by Crippen LogP contribution is 2.35. The molecule has 1 heterocycles. The Morgan fingerprint density at radius 2 is 1.65 bits per heavy atom. The molecule has 1 N–H and O–H groups in total. The zero-order valence-corrected chi connectivity index (χ0v) is 10.0. The number of benzene rings is 1. The van der Waals surface area contributed by atoms with Gasteiger partial charge in [-0.3, -0.25) is 0 Å². The fourth-order valence-electron chi connectivity index (χ4n) is 1.89. The van der Waals surface area contributed by atoms with Crippen molar-refractivity contribution in [3.63, 3.8) is 0 Å². The largest absolute Gasteiger partial charge is 0.387 e. The Labute approximate surface area is 101 Å². The number of aliphatic hydroxyl groups excluding tert-OH is 1. The average Bonchev–Trinajstić information content (AvgIpc) is 2.40. The van der Waals surface area contributed by atoms with Crippen molar-refractivity contribution in [3.8, 4) is 0 Å². The number of hydrogen-bond acceptors (Lipinski definition) is 3. The number of aliphatic hydroxyl groups is 1. The molecule has 0 aliphatic carbocycles. The lowest BCUT2D eigenvalue weighted by Gasteiger charge is -2.31. The van der Waals surface area contributed by atoms with Crippen molar-refractivity contribution in [2.75, 3.05) is 0 Å². The maximum atomic E-state index is 10.4. The number of rotatable bonds is 3. The second kappa shape index (κ2) is 4.63. The van der Waals surface area contributed by atoms with Crippen LogP contribution < -0.4 is 0 Å². The van der Waals surface area contributed by atoms with Crippen LogP contribution in [-0.4, -0.2) is 15.1 Å². The summed E-state index contributed by atoms with van der Waals surface area (Å²) in [5, 5.41) is 10.4. The molecule has 0 saturated carbocycles. The Morgan fingerprint density at radius 1 is 1.06 bits per heavy atom. The third-order valence-electron chi connectivity index (χ3n) is 3.10. The predicted molar refractivity (Wildman–Crippen MR) is 66.5 cm³/mol. The summed E-state index contributed by atoms with van der Waals surface area (Å²) in [6.45, 7) is 4.03. The van der Waals surface area contributed by atoms with Crippen LogP contribution in [0.15, 0.2) is 49.1 Å². The summed E-state index contributed by atoms with van der Waals surface area (Å²) in [7, 11) is 0. The molecule has 0 bridgehead atoms. The lowest BCUT2D eigenvalue weighted by molar-refractivity contribution is 0.0995. The van der Waals surface area contributed by atoms with E-state index in [1.807, 2.05) is 44.2 Å². The minimum atomic E-state index is -0.619. The van der Waals surface area contributed by atoms with Gasteiger partial charge in [0.05, 0.1) is 6.10 Å². The Hall–Kier alpha value is -1.74. The van der Waals surface area contributed by atoms with Gasteiger partial charge in [-0.2, -0.15) is 0 Å². The van der Waals surface area contributed by atoms with Gasteiger partial charge in [-0.05, 0) is 5.56 Å². The first-order valence-electron chi connectivity index (χ1n) is 5.61. The van der Waals surface area contributed by atoms with Gasteiger partial charge < -0.3 is 5.11 Å². The third-order valence-corrected chi connectivity index (χ3v) is 3.10. The second-order valence-electron chi connectivity index (χ2n) is 4.66. The zero-order chi connectivity index (χ0) is 12.3. The molecule has 1 aromatic carbocycles. The molecule has 17 heavy (non-hydrogen) atoms. The molecule has 0 aliphatic rings. The van der Waals surface area contributed by atoms with Gasteiger partial charge in [0.15, 0.2) is 0 Å². The lowest BCUT2D eigenvalue weighted by Crippen LogP contribution is -2.26. The maximum absolute atomic E-state index is 10.4. The molecular formula is C14H16N2O. The van der Waals surface area contributed by atoms with E-state index in [0.717, 1.165) is 11.1 Å². The van der Waals surface area contributed by atoms with Gasteiger partial charge >= 0.3 is 0 Å². The summed E-state index contributed by atoms with van der Waals surface area (Å²) in [4.78, 5) is 7.88. The first-order valence-corrected chi connectivity index (χ1v) is 5.61. The van der Waals surface area contributed by atoms with Crippen LogP contribution in [0.1, 0.15) is 31.1 Å². The molecule has 1 atom stereocenters. The van der Waals surface area contributed by atoms with Crippen LogP contribution in [0.4, 0.5) is 0 Å². The van der Waals surface area contributed by atoms with Gasteiger partial charge in [-0.15, -0.1) is 0 Å². The van der Waals surface area contributed by atoms with Crippen LogP contribution in [0, 0.1) is 0 Å². The van der Waals surface area contributed by atoms with Crippen molar-refractivity contribution in [3.05, 3.63) is 60.2 Å². The monoisotopic (exact) mass is 228 g/mol. The van der Waals surface area contributed by atoms with E-state index in [9.17, 15) is 5.11 Å². The minimum Gasteiger partial charge on any atom is -0.387 e. The van der Waals surface area contributed by atoms with E-state index in [2.05, 4.69) is 9.97 Å². The summed E-state index contributed by atoms with van der Waals surface area (Å²) < 4.78 is 0. The average molecular weight is 228 g/mol. The third kappa shape index (κ3) is 2.34. The summed E-state index contributed by atoms with van der Waals surface area (Å²) in [6, 6.07) is 9.97. The standard InChI is InChI=1S/C14H16N2O/c1-14(2,12-6-4-3-5-7-12)13(17)11-8-15-10-16-9-11/h3-10,13,17H,1-2H3. The van der Waals surface area contributed by atoms with Crippen molar-refractivity contribution >= 4 is 0 Å². The molecular weight excluding hydrogens is 212 g/mol. The van der Waals surface area contributed by atoms with Gasteiger partial charge in [0, 0.05) is 23.4 Å². The molecule has 3 heteroatoms. The topological polar surface area (TPSA) is 46.0 Å². The normalized spacial score (nSPS) is 13.4. The fraction of sp³-hybridized carbons (Fsp3) is 0.286. The Kier molecular flexibility index (Phi) is 3.20. The van der Waals surface area contributed by atoms with Gasteiger partial charge in [-0.25, -0.2) is 9.97 Å². The summed E-state index contributed by atoms with van der Waals surface area (Å²) >= 11 is 0. The van der Waals surface area contributed by atoms with Gasteiger partial charge in [0.25, 0.3) is 0 Å². The van der Waals surface area contributed by atoms with Gasteiger partial charge in [0.2, 0.25) is 0 Å². The van der Waals surface area contributed by atoms with Crippen LogP contribution in [0.25, 0.3) is 0 Å². The van der Waals surface area contributed by atoms with Crippen molar-refractivity contribution in [1.29, 1.82) is 0 Å². The van der Waals surface area contributed by atoms with E-state index >= 15 is 0 Å². The van der Waals surface area contributed by atoms with Crippen molar-refractivity contribution in [2.24, 2.45) is 0 Å². The van der Waals surface area contributed by atoms with Crippen molar-refractivity contribution < 1.29 is 5.11 Å². The number of nitrogens with zero attached hydrogens (tertiary/aromatic N) is 2. The Morgan fingerprint density at radius 3 is 2.24 bits per heavy atom. The summed E-state index contributed by atoms with van der Waals surface area (Å²) in [6.07, 6.45) is 4.15. The molecule has 0 spiro atoms. The molecule has 2 rings (SSSR count). The van der Waals surface area contributed by atoms with E-state index < -0.39 is 6.10 Å². The van der Waals surface area contributed by atoms with E-state index in [1.54, 1.807) is 12.4 Å². The van der Waals surface area contributed by atoms with Gasteiger partial charge in [0.1, 0.15) is 6.33 Å². The van der Waals surface area contributed by atoms with Gasteiger partial charge in [-0.1, -0.05) is 44.2 Å². The van der Waals surface area contributed by atoms with Crippen LogP contribution >= 0.6 is 0 Å². The second-order valence-corrected chi connectivity index (χ2v) is 4.66.